The second-order valence-corrected chi connectivity index (χ2v) is 10.3. The summed E-state index contributed by atoms with van der Waals surface area (Å²) >= 11 is 0. The number of carbonyl (C=O) groups is 1. The van der Waals surface area contributed by atoms with Crippen LogP contribution in [0, 0.1) is 11.8 Å². The number of hydrogen-bond acceptors (Lipinski definition) is 12. The highest BCUT2D eigenvalue weighted by molar-refractivity contribution is 5.88. The summed E-state index contributed by atoms with van der Waals surface area (Å²) in [4.78, 5) is 12.8. The molecule has 3 aliphatic heterocycles. The number of fused-ring (bicyclic) bond motifs is 3. The molecule has 0 aromatic rings. The topological polar surface area (TPSA) is 188 Å². The van der Waals surface area contributed by atoms with Crippen LogP contribution < -0.4 is 0 Å². The van der Waals surface area contributed by atoms with E-state index in [1.54, 1.807) is 26.0 Å². The Bertz CT molecular complexity index is 915. The van der Waals surface area contributed by atoms with Gasteiger partial charge in [0.05, 0.1) is 31.0 Å². The lowest BCUT2D eigenvalue weighted by Crippen LogP contribution is -2.60. The van der Waals surface area contributed by atoms with Crippen molar-refractivity contribution in [2.75, 3.05) is 13.2 Å². The minimum atomic E-state index is -1.64. The zero-order valence-electron chi connectivity index (χ0n) is 20.8. The lowest BCUT2D eigenvalue weighted by molar-refractivity contribution is -0.344. The molecule has 4 aliphatic rings. The van der Waals surface area contributed by atoms with Gasteiger partial charge in [0, 0.05) is 11.5 Å². The number of esters is 1. The van der Waals surface area contributed by atoms with Gasteiger partial charge < -0.3 is 54.3 Å². The molecule has 2 saturated heterocycles. The third kappa shape index (κ3) is 5.22. The van der Waals surface area contributed by atoms with E-state index in [9.17, 15) is 35.4 Å². The molecular formula is C25H36O12. The molecule has 0 unspecified atom stereocenters. The largest absolute Gasteiger partial charge is 0.472 e. The first-order valence-electron chi connectivity index (χ1n) is 12.3. The summed E-state index contributed by atoms with van der Waals surface area (Å²) in [6, 6.07) is 0. The Balaban J connectivity index is 1.46. The van der Waals surface area contributed by atoms with Crippen LogP contribution in [-0.4, -0.2) is 110 Å². The van der Waals surface area contributed by atoms with E-state index in [4.69, 9.17) is 23.7 Å². The number of ether oxygens (including phenoxy) is 5. The van der Waals surface area contributed by atoms with Gasteiger partial charge in [0.2, 0.25) is 6.29 Å². The number of aliphatic hydroxyl groups is 6. The number of hydrogen-bond donors (Lipinski definition) is 6. The minimum Gasteiger partial charge on any atom is -0.472 e. The fraction of sp³-hybridized carbons (Fsp3) is 0.720. The van der Waals surface area contributed by atoms with E-state index in [2.05, 4.69) is 6.58 Å². The van der Waals surface area contributed by atoms with Gasteiger partial charge in [-0.15, -0.1) is 6.58 Å². The van der Waals surface area contributed by atoms with Gasteiger partial charge in [0.25, 0.3) is 0 Å². The van der Waals surface area contributed by atoms with Crippen LogP contribution in [0.2, 0.25) is 0 Å². The first-order chi connectivity index (χ1) is 17.5. The van der Waals surface area contributed by atoms with Gasteiger partial charge in [-0.3, -0.25) is 0 Å². The average Bonchev–Trinajstić information content (AvgIpc) is 3.56. The Morgan fingerprint density at radius 1 is 1.19 bits per heavy atom. The van der Waals surface area contributed by atoms with E-state index in [1.807, 2.05) is 0 Å². The van der Waals surface area contributed by atoms with Crippen molar-refractivity contribution in [3.05, 3.63) is 36.6 Å². The maximum Gasteiger partial charge on any atom is 0.333 e. The van der Waals surface area contributed by atoms with Crippen LogP contribution in [0.4, 0.5) is 0 Å². The number of carbonyl (C=O) groups excluding carboxylic acids is 1. The van der Waals surface area contributed by atoms with Gasteiger partial charge in [-0.25, -0.2) is 4.79 Å². The standard InChI is InChI=1S/C25H36O12/c1-4-24(3,32)8-5-6-12(2)21(31)35-19-13-7-9-33-22(15(13)25(11-27)20(19)37-25)36-23-18(30)17(29)16(28)14(10-26)34-23/h4,6-7,9,13-20,22-23,26-30,32H,1,5,8,10-11H2,2-3H3/b12-6+/t13-,14-,15-,16-,17+,18-,19+,20+,22+,23+,24-,25-/m1/s1. The molecule has 3 fully saturated rings. The Hall–Kier alpha value is -1.87. The molecule has 0 aromatic carbocycles. The highest BCUT2D eigenvalue weighted by Gasteiger charge is 2.77. The van der Waals surface area contributed by atoms with E-state index in [-0.39, 0.29) is 0 Å². The van der Waals surface area contributed by atoms with Crippen LogP contribution in [0.25, 0.3) is 0 Å². The Labute approximate surface area is 214 Å². The van der Waals surface area contributed by atoms with E-state index >= 15 is 0 Å². The molecule has 1 aliphatic carbocycles. The fourth-order valence-corrected chi connectivity index (χ4v) is 5.27. The van der Waals surface area contributed by atoms with Crippen LogP contribution in [0.15, 0.2) is 36.6 Å². The van der Waals surface area contributed by atoms with Crippen molar-refractivity contribution in [3.63, 3.8) is 0 Å². The number of aliphatic hydroxyl groups excluding tert-OH is 5. The van der Waals surface area contributed by atoms with Crippen molar-refractivity contribution < 1.29 is 59.1 Å². The first kappa shape index (κ1) is 28.1. The molecule has 6 N–H and O–H groups in total. The first-order valence-corrected chi connectivity index (χ1v) is 12.3. The van der Waals surface area contributed by atoms with E-state index < -0.39 is 91.4 Å². The summed E-state index contributed by atoms with van der Waals surface area (Å²) in [6.07, 6.45) is -3.01. The zero-order chi connectivity index (χ0) is 27.1. The summed E-state index contributed by atoms with van der Waals surface area (Å²) in [5.74, 6) is -1.70. The monoisotopic (exact) mass is 528 g/mol. The third-order valence-electron chi connectivity index (χ3n) is 7.70. The molecule has 12 atom stereocenters. The molecule has 0 aromatic heterocycles. The van der Waals surface area contributed by atoms with Crippen LogP contribution in [0.3, 0.4) is 0 Å². The second kappa shape index (κ2) is 10.7. The second-order valence-electron chi connectivity index (χ2n) is 10.3. The Kier molecular flexibility index (Phi) is 8.15. The summed E-state index contributed by atoms with van der Waals surface area (Å²) in [5, 5.41) is 60.1. The van der Waals surface area contributed by atoms with Crippen molar-refractivity contribution in [2.24, 2.45) is 11.8 Å². The van der Waals surface area contributed by atoms with Crippen LogP contribution >= 0.6 is 0 Å². The summed E-state index contributed by atoms with van der Waals surface area (Å²) in [7, 11) is 0. The number of allylic oxidation sites excluding steroid dienone is 1. The van der Waals surface area contributed by atoms with Gasteiger partial charge in [-0.1, -0.05) is 12.2 Å². The molecule has 0 radical (unpaired) electrons. The quantitative estimate of drug-likeness (QED) is 0.0846. The van der Waals surface area contributed by atoms with Gasteiger partial charge in [-0.05, 0) is 32.8 Å². The Morgan fingerprint density at radius 3 is 2.57 bits per heavy atom. The molecule has 4 rings (SSSR count). The predicted octanol–water partition coefficient (Wildman–Crippen LogP) is -1.38. The molecule has 3 heterocycles. The smallest absolute Gasteiger partial charge is 0.333 e. The summed E-state index contributed by atoms with van der Waals surface area (Å²) in [6.45, 7) is 5.78. The number of rotatable bonds is 10. The van der Waals surface area contributed by atoms with Gasteiger partial charge in [0.15, 0.2) is 6.29 Å². The molecule has 0 bridgehead atoms. The lowest BCUT2D eigenvalue weighted by Gasteiger charge is -2.43. The molecule has 0 spiro atoms. The highest BCUT2D eigenvalue weighted by atomic mass is 16.8. The van der Waals surface area contributed by atoms with Crippen molar-refractivity contribution in [1.82, 2.24) is 0 Å². The molecule has 0 amide bonds. The highest BCUT2D eigenvalue weighted by Crippen LogP contribution is 2.60. The maximum atomic E-state index is 12.8. The molecule has 12 heteroatoms. The van der Waals surface area contributed by atoms with Crippen molar-refractivity contribution in [2.45, 2.75) is 87.1 Å². The van der Waals surface area contributed by atoms with E-state index in [0.29, 0.717) is 18.4 Å². The van der Waals surface area contributed by atoms with Gasteiger partial charge >= 0.3 is 5.97 Å². The molecule has 37 heavy (non-hydrogen) atoms. The third-order valence-corrected chi connectivity index (χ3v) is 7.70. The van der Waals surface area contributed by atoms with Crippen LogP contribution in [0.5, 0.6) is 0 Å². The molecule has 208 valence electrons. The van der Waals surface area contributed by atoms with Crippen molar-refractivity contribution in [1.29, 1.82) is 0 Å². The summed E-state index contributed by atoms with van der Waals surface area (Å²) in [5.41, 5.74) is -1.83. The van der Waals surface area contributed by atoms with E-state index in [0.717, 1.165) is 0 Å². The molecule has 12 nitrogen and oxygen atoms in total. The summed E-state index contributed by atoms with van der Waals surface area (Å²) < 4.78 is 28.5. The van der Waals surface area contributed by atoms with Crippen molar-refractivity contribution in [3.8, 4) is 0 Å². The molecular weight excluding hydrogens is 492 g/mol. The fourth-order valence-electron chi connectivity index (χ4n) is 5.27. The van der Waals surface area contributed by atoms with Gasteiger partial charge in [0.1, 0.15) is 42.2 Å². The maximum absolute atomic E-state index is 12.8. The Morgan fingerprint density at radius 2 is 1.92 bits per heavy atom. The average molecular weight is 529 g/mol. The minimum absolute atomic E-state index is 0.351. The van der Waals surface area contributed by atoms with Gasteiger partial charge in [-0.2, -0.15) is 0 Å². The zero-order valence-corrected chi connectivity index (χ0v) is 20.8. The van der Waals surface area contributed by atoms with Crippen LogP contribution in [-0.2, 0) is 28.5 Å². The SMILES string of the molecule is C=C[C@@](C)(O)CC/C=C(\C)C(=O)O[C@H]1[C@@H]2C=CO[C@@H](O[C@@H]3O[C@H](CO)[C@@H](O)[C@H](O)[C@H]3O)[C@@H]2[C@@]2(CO)O[C@@H]12. The van der Waals surface area contributed by atoms with Crippen LogP contribution in [0.1, 0.15) is 26.7 Å². The van der Waals surface area contributed by atoms with E-state index in [1.165, 1.54) is 12.3 Å². The predicted molar refractivity (Wildman–Crippen MR) is 124 cm³/mol. The number of epoxide rings is 1. The lowest BCUT2D eigenvalue weighted by atomic mass is 9.85. The van der Waals surface area contributed by atoms with Crippen molar-refractivity contribution >= 4 is 5.97 Å². The molecule has 1 saturated carbocycles. The normalized spacial score (nSPS) is 44.3.